The third-order valence-corrected chi connectivity index (χ3v) is 5.60. The summed E-state index contributed by atoms with van der Waals surface area (Å²) >= 11 is 6.37. The van der Waals surface area contributed by atoms with Gasteiger partial charge in [-0.25, -0.2) is 4.79 Å². The van der Waals surface area contributed by atoms with Crippen LogP contribution in [0, 0.1) is 11.3 Å². The van der Waals surface area contributed by atoms with E-state index in [1.165, 1.54) is 31.2 Å². The summed E-state index contributed by atoms with van der Waals surface area (Å²) in [7, 11) is 0. The number of anilines is 1. The number of benzene rings is 3. The number of rotatable bonds is 4. The molecule has 33 heavy (non-hydrogen) atoms. The molecule has 8 heteroatoms. The fraction of sp³-hybridized carbons (Fsp3) is 0.0800. The van der Waals surface area contributed by atoms with Crippen LogP contribution in [0.3, 0.4) is 0 Å². The number of ether oxygens (including phenoxy) is 1. The normalized spacial score (nSPS) is 12.8. The molecule has 4 rings (SSSR count). The van der Waals surface area contributed by atoms with Crippen molar-refractivity contribution in [1.82, 2.24) is 0 Å². The Bertz CT molecular complexity index is 1390. The van der Waals surface area contributed by atoms with Gasteiger partial charge in [0.05, 0.1) is 27.4 Å². The highest BCUT2D eigenvalue weighted by Crippen LogP contribution is 2.34. The zero-order valence-electron chi connectivity index (χ0n) is 17.2. The summed E-state index contributed by atoms with van der Waals surface area (Å²) < 4.78 is 5.23. The average molecular weight is 459 g/mol. The monoisotopic (exact) mass is 458 g/mol. The van der Waals surface area contributed by atoms with E-state index in [4.69, 9.17) is 21.6 Å². The van der Waals surface area contributed by atoms with E-state index in [0.717, 1.165) is 0 Å². The second-order valence-electron chi connectivity index (χ2n) is 7.25. The Morgan fingerprint density at radius 2 is 1.58 bits per heavy atom. The van der Waals surface area contributed by atoms with Crippen molar-refractivity contribution in [3.63, 3.8) is 0 Å². The number of amides is 1. The smallest absolute Gasteiger partial charge is 0.340 e. The number of carbonyl (C=O) groups excluding carboxylic acids is 4. The molecule has 0 saturated carbocycles. The Hall–Kier alpha value is -4.28. The number of para-hydroxylation sites is 1. The SMILES string of the molecule is CC(OC(=O)c1ccc2c(c1Cl)C(=O)c1ccccc1C2=O)C(=O)Nc1ccccc1C#N. The molecule has 1 unspecified atom stereocenters. The fourth-order valence-electron chi connectivity index (χ4n) is 3.51. The van der Waals surface area contributed by atoms with Gasteiger partial charge in [0.15, 0.2) is 17.7 Å². The fourth-order valence-corrected chi connectivity index (χ4v) is 3.83. The minimum Gasteiger partial charge on any atom is -0.449 e. The number of nitrogens with zero attached hydrogens (tertiary/aromatic N) is 1. The van der Waals surface area contributed by atoms with Crippen LogP contribution in [0.25, 0.3) is 0 Å². The highest BCUT2D eigenvalue weighted by atomic mass is 35.5. The molecule has 0 bridgehead atoms. The number of nitrogens with one attached hydrogen (secondary N) is 1. The summed E-state index contributed by atoms with van der Waals surface area (Å²) in [6.45, 7) is 1.36. The maximum absolute atomic E-state index is 13.0. The largest absolute Gasteiger partial charge is 0.449 e. The van der Waals surface area contributed by atoms with Crippen LogP contribution in [-0.4, -0.2) is 29.5 Å². The third-order valence-electron chi connectivity index (χ3n) is 5.21. The Morgan fingerprint density at radius 1 is 0.939 bits per heavy atom. The topological polar surface area (TPSA) is 113 Å². The van der Waals surface area contributed by atoms with E-state index < -0.39 is 23.8 Å². The van der Waals surface area contributed by atoms with Gasteiger partial charge in [-0.15, -0.1) is 0 Å². The van der Waals surface area contributed by atoms with E-state index in [0.29, 0.717) is 0 Å². The second-order valence-corrected chi connectivity index (χ2v) is 7.63. The number of halogens is 1. The highest BCUT2D eigenvalue weighted by Gasteiger charge is 2.33. The Morgan fingerprint density at radius 3 is 2.27 bits per heavy atom. The van der Waals surface area contributed by atoms with E-state index >= 15 is 0 Å². The zero-order valence-corrected chi connectivity index (χ0v) is 18.0. The van der Waals surface area contributed by atoms with Gasteiger partial charge in [-0.05, 0) is 31.2 Å². The van der Waals surface area contributed by atoms with Gasteiger partial charge in [0.2, 0.25) is 0 Å². The van der Waals surface area contributed by atoms with Gasteiger partial charge in [0.1, 0.15) is 6.07 Å². The van der Waals surface area contributed by atoms with E-state index in [1.54, 1.807) is 36.4 Å². The summed E-state index contributed by atoms with van der Waals surface area (Å²) in [6, 6.07) is 17.3. The number of fused-ring (bicyclic) bond motifs is 2. The number of nitriles is 1. The lowest BCUT2D eigenvalue weighted by Gasteiger charge is -2.20. The summed E-state index contributed by atoms with van der Waals surface area (Å²) in [4.78, 5) is 50.9. The van der Waals surface area contributed by atoms with E-state index in [1.807, 2.05) is 6.07 Å². The minimum absolute atomic E-state index is 0.0742. The van der Waals surface area contributed by atoms with Crippen LogP contribution in [0.2, 0.25) is 5.02 Å². The van der Waals surface area contributed by atoms with Crippen molar-refractivity contribution >= 4 is 40.7 Å². The molecule has 0 aromatic heterocycles. The van der Waals surface area contributed by atoms with Gasteiger partial charge in [-0.2, -0.15) is 5.26 Å². The lowest BCUT2D eigenvalue weighted by molar-refractivity contribution is -0.123. The second kappa shape index (κ2) is 8.69. The molecule has 7 nitrogen and oxygen atoms in total. The molecule has 0 saturated heterocycles. The highest BCUT2D eigenvalue weighted by molar-refractivity contribution is 6.41. The molecule has 1 N–H and O–H groups in total. The quantitative estimate of drug-likeness (QED) is 0.459. The maximum atomic E-state index is 13.0. The zero-order chi connectivity index (χ0) is 23.7. The molecule has 3 aromatic carbocycles. The first-order valence-electron chi connectivity index (χ1n) is 9.85. The lowest BCUT2D eigenvalue weighted by atomic mass is 9.83. The number of hydrogen-bond acceptors (Lipinski definition) is 6. The van der Waals surface area contributed by atoms with Crippen LogP contribution >= 0.6 is 11.6 Å². The van der Waals surface area contributed by atoms with Gasteiger partial charge in [0, 0.05) is 16.7 Å². The van der Waals surface area contributed by atoms with Gasteiger partial charge in [0.25, 0.3) is 5.91 Å². The summed E-state index contributed by atoms with van der Waals surface area (Å²) in [6.07, 6.45) is -1.23. The molecule has 1 amide bonds. The molecule has 1 atom stereocenters. The molecular weight excluding hydrogens is 444 g/mol. The van der Waals surface area contributed by atoms with Crippen LogP contribution in [0.15, 0.2) is 60.7 Å². The molecule has 0 spiro atoms. The first-order valence-corrected chi connectivity index (χ1v) is 10.2. The molecular formula is C25H15ClN2O5. The molecule has 0 heterocycles. The van der Waals surface area contributed by atoms with Gasteiger partial charge in [-0.1, -0.05) is 48.0 Å². The first-order chi connectivity index (χ1) is 15.8. The number of ketones is 2. The average Bonchev–Trinajstić information content (AvgIpc) is 2.82. The number of esters is 1. The van der Waals surface area contributed by atoms with Crippen molar-refractivity contribution in [2.45, 2.75) is 13.0 Å². The van der Waals surface area contributed by atoms with Crippen molar-refractivity contribution in [3.05, 3.63) is 99.1 Å². The number of hydrogen-bond donors (Lipinski definition) is 1. The van der Waals surface area contributed by atoms with Gasteiger partial charge in [-0.3, -0.25) is 14.4 Å². The van der Waals surface area contributed by atoms with Crippen molar-refractivity contribution < 1.29 is 23.9 Å². The molecule has 0 fully saturated rings. The maximum Gasteiger partial charge on any atom is 0.340 e. The summed E-state index contributed by atoms with van der Waals surface area (Å²) in [5.74, 6) is -2.43. The molecule has 1 aliphatic carbocycles. The van der Waals surface area contributed by atoms with Crippen molar-refractivity contribution in [3.8, 4) is 6.07 Å². The molecule has 1 aliphatic rings. The van der Waals surface area contributed by atoms with E-state index in [-0.39, 0.29) is 49.9 Å². The summed E-state index contributed by atoms with van der Waals surface area (Å²) in [5.41, 5.74) is 0.880. The van der Waals surface area contributed by atoms with E-state index in [2.05, 4.69) is 5.32 Å². The first kappa shape index (κ1) is 21.9. The molecule has 162 valence electrons. The van der Waals surface area contributed by atoms with Crippen LogP contribution in [-0.2, 0) is 9.53 Å². The molecule has 3 aromatic rings. The van der Waals surface area contributed by atoms with Crippen LogP contribution in [0.4, 0.5) is 5.69 Å². The Labute approximate surface area is 193 Å². The van der Waals surface area contributed by atoms with Crippen molar-refractivity contribution in [2.75, 3.05) is 5.32 Å². The Kier molecular flexibility index (Phi) is 5.78. The molecule has 0 radical (unpaired) electrons. The van der Waals surface area contributed by atoms with Crippen molar-refractivity contribution in [2.24, 2.45) is 0 Å². The molecule has 0 aliphatic heterocycles. The summed E-state index contributed by atoms with van der Waals surface area (Å²) in [5, 5.41) is 11.5. The van der Waals surface area contributed by atoms with Crippen molar-refractivity contribution in [1.29, 1.82) is 5.26 Å². The lowest BCUT2D eigenvalue weighted by Crippen LogP contribution is -2.30. The number of carbonyl (C=O) groups is 4. The van der Waals surface area contributed by atoms with Gasteiger partial charge >= 0.3 is 5.97 Å². The van der Waals surface area contributed by atoms with Crippen LogP contribution < -0.4 is 5.32 Å². The van der Waals surface area contributed by atoms with Crippen LogP contribution in [0.1, 0.15) is 54.7 Å². The Balaban J connectivity index is 1.57. The predicted molar refractivity (Wildman–Crippen MR) is 119 cm³/mol. The minimum atomic E-state index is -1.23. The van der Waals surface area contributed by atoms with E-state index in [9.17, 15) is 19.2 Å². The van der Waals surface area contributed by atoms with Gasteiger partial charge < -0.3 is 10.1 Å². The predicted octanol–water partition coefficient (Wildman–Crippen LogP) is 4.17. The standard InChI is InChI=1S/C25H15ClN2O5/c1-13(24(31)28-19-9-5-2-6-14(19)12-27)33-25(32)18-11-10-17-20(21(18)26)23(30)16-8-4-3-7-15(16)22(17)29/h2-11,13H,1H3,(H,28,31). The van der Waals surface area contributed by atoms with Crippen LogP contribution in [0.5, 0.6) is 0 Å². The third kappa shape index (κ3) is 3.88.